The Kier molecular flexibility index (Phi) is 3.75. The van der Waals surface area contributed by atoms with Crippen molar-refractivity contribution in [2.24, 2.45) is 0 Å². The maximum Gasteiger partial charge on any atom is 0.305 e. The van der Waals surface area contributed by atoms with Crippen LogP contribution in [0.3, 0.4) is 0 Å². The van der Waals surface area contributed by atoms with E-state index in [1.165, 1.54) is 6.92 Å². The smallest absolute Gasteiger partial charge is 0.305 e. The van der Waals surface area contributed by atoms with Gasteiger partial charge in [0.1, 0.15) is 0 Å². The molecule has 5 nitrogen and oxygen atoms in total. The average Bonchev–Trinajstić information content (AvgIpc) is 2.36. The second-order valence-corrected chi connectivity index (χ2v) is 4.27. The Morgan fingerprint density at radius 2 is 2.05 bits per heavy atom. The zero-order valence-corrected chi connectivity index (χ0v) is 10.5. The normalized spacial score (nSPS) is 12.1. The molecule has 1 aromatic carbocycles. The summed E-state index contributed by atoms with van der Waals surface area (Å²) in [5.41, 5.74) is 1.43. The summed E-state index contributed by atoms with van der Waals surface area (Å²) in [4.78, 5) is 26.4. The molecule has 1 aromatic heterocycles. The molecule has 19 heavy (non-hydrogen) atoms. The van der Waals surface area contributed by atoms with E-state index < -0.39 is 12.0 Å². The molecule has 1 atom stereocenters. The SMILES string of the molecule is CC(=O)NC(CC(=O)O)c1cccc2cccnc12. The van der Waals surface area contributed by atoms with Crippen LogP contribution in [0.15, 0.2) is 36.5 Å². The maximum atomic E-state index is 11.2. The third-order valence-electron chi connectivity index (χ3n) is 2.80. The lowest BCUT2D eigenvalue weighted by atomic mass is 10.00. The summed E-state index contributed by atoms with van der Waals surface area (Å²) >= 11 is 0. The molecule has 0 aliphatic rings. The predicted octanol–water partition coefficient (Wildman–Crippen LogP) is 1.89. The van der Waals surface area contributed by atoms with Crippen LogP contribution in [0, 0.1) is 0 Å². The minimum Gasteiger partial charge on any atom is -0.481 e. The van der Waals surface area contributed by atoms with E-state index in [2.05, 4.69) is 10.3 Å². The highest BCUT2D eigenvalue weighted by Gasteiger charge is 2.19. The first-order chi connectivity index (χ1) is 9.08. The predicted molar refractivity (Wildman–Crippen MR) is 70.6 cm³/mol. The zero-order chi connectivity index (χ0) is 13.8. The molecule has 2 aromatic rings. The van der Waals surface area contributed by atoms with Gasteiger partial charge in [0.25, 0.3) is 0 Å². The van der Waals surface area contributed by atoms with Crippen molar-refractivity contribution in [3.63, 3.8) is 0 Å². The Labute approximate surface area is 110 Å². The van der Waals surface area contributed by atoms with Gasteiger partial charge in [-0.15, -0.1) is 0 Å². The zero-order valence-electron chi connectivity index (χ0n) is 10.5. The van der Waals surface area contributed by atoms with Gasteiger partial charge in [0, 0.05) is 24.1 Å². The summed E-state index contributed by atoms with van der Waals surface area (Å²) in [6.07, 6.45) is 1.48. The van der Waals surface area contributed by atoms with Gasteiger partial charge in [-0.3, -0.25) is 14.6 Å². The lowest BCUT2D eigenvalue weighted by Crippen LogP contribution is -2.28. The van der Waals surface area contributed by atoms with Crippen molar-refractivity contribution in [2.75, 3.05) is 0 Å². The highest BCUT2D eigenvalue weighted by Crippen LogP contribution is 2.24. The van der Waals surface area contributed by atoms with E-state index in [0.29, 0.717) is 5.52 Å². The summed E-state index contributed by atoms with van der Waals surface area (Å²) in [7, 11) is 0. The monoisotopic (exact) mass is 258 g/mol. The molecule has 1 unspecified atom stereocenters. The number of hydrogen-bond donors (Lipinski definition) is 2. The van der Waals surface area contributed by atoms with Gasteiger partial charge in [-0.25, -0.2) is 0 Å². The van der Waals surface area contributed by atoms with Gasteiger partial charge < -0.3 is 10.4 Å². The third-order valence-corrected chi connectivity index (χ3v) is 2.80. The first-order valence-electron chi connectivity index (χ1n) is 5.90. The van der Waals surface area contributed by atoms with Crippen LogP contribution in [0.1, 0.15) is 24.9 Å². The number of rotatable bonds is 4. The molecule has 1 heterocycles. The number of benzene rings is 1. The van der Waals surface area contributed by atoms with E-state index in [4.69, 9.17) is 5.11 Å². The van der Waals surface area contributed by atoms with E-state index in [1.807, 2.05) is 24.3 Å². The molecule has 0 saturated heterocycles. The number of hydrogen-bond acceptors (Lipinski definition) is 3. The van der Waals surface area contributed by atoms with E-state index in [0.717, 1.165) is 10.9 Å². The van der Waals surface area contributed by atoms with Crippen LogP contribution >= 0.6 is 0 Å². The number of fused-ring (bicyclic) bond motifs is 1. The molecule has 2 N–H and O–H groups in total. The Morgan fingerprint density at radius 1 is 1.32 bits per heavy atom. The fraction of sp³-hybridized carbons (Fsp3) is 0.214. The van der Waals surface area contributed by atoms with Crippen LogP contribution in [-0.4, -0.2) is 22.0 Å². The summed E-state index contributed by atoms with van der Waals surface area (Å²) < 4.78 is 0. The lowest BCUT2D eigenvalue weighted by Gasteiger charge is -2.17. The van der Waals surface area contributed by atoms with Crippen LogP contribution in [0.25, 0.3) is 10.9 Å². The van der Waals surface area contributed by atoms with Crippen LogP contribution in [0.2, 0.25) is 0 Å². The number of carboxylic acids is 1. The minimum atomic E-state index is -0.966. The van der Waals surface area contributed by atoms with Crippen molar-refractivity contribution in [2.45, 2.75) is 19.4 Å². The number of carbonyl (C=O) groups is 2. The third kappa shape index (κ3) is 3.07. The first kappa shape index (κ1) is 13.0. The summed E-state index contributed by atoms with van der Waals surface area (Å²) in [5.74, 6) is -1.23. The summed E-state index contributed by atoms with van der Waals surface area (Å²) in [5, 5.41) is 12.5. The number of nitrogens with one attached hydrogen (secondary N) is 1. The van der Waals surface area contributed by atoms with Crippen molar-refractivity contribution in [3.05, 3.63) is 42.1 Å². The molecule has 0 saturated carbocycles. The highest BCUT2D eigenvalue weighted by atomic mass is 16.4. The second-order valence-electron chi connectivity index (χ2n) is 4.27. The molecule has 98 valence electrons. The molecule has 0 bridgehead atoms. The van der Waals surface area contributed by atoms with Gasteiger partial charge in [0.05, 0.1) is 18.0 Å². The number of carbonyl (C=O) groups excluding carboxylic acids is 1. The number of aliphatic carboxylic acids is 1. The van der Waals surface area contributed by atoms with Crippen molar-refractivity contribution < 1.29 is 14.7 Å². The van der Waals surface area contributed by atoms with Gasteiger partial charge in [-0.05, 0) is 6.07 Å². The quantitative estimate of drug-likeness (QED) is 0.877. The highest BCUT2D eigenvalue weighted by molar-refractivity contribution is 5.84. The van der Waals surface area contributed by atoms with Gasteiger partial charge in [0.15, 0.2) is 0 Å². The van der Waals surface area contributed by atoms with Gasteiger partial charge in [-0.2, -0.15) is 0 Å². The number of amides is 1. The molecule has 0 radical (unpaired) electrons. The van der Waals surface area contributed by atoms with Crippen molar-refractivity contribution >= 4 is 22.8 Å². The number of para-hydroxylation sites is 1. The Bertz CT molecular complexity index is 604. The second kappa shape index (κ2) is 5.48. The fourth-order valence-electron chi connectivity index (χ4n) is 2.07. The molecule has 0 aliphatic heterocycles. The summed E-state index contributed by atoms with van der Waals surface area (Å²) in [6.45, 7) is 1.37. The minimum absolute atomic E-state index is 0.171. The Hall–Kier alpha value is -2.43. The standard InChI is InChI=1S/C14H14N2O3/c1-9(17)16-12(8-13(18)19)11-6-2-4-10-5-3-7-15-14(10)11/h2-7,12H,8H2,1H3,(H,16,17)(H,18,19). The topological polar surface area (TPSA) is 79.3 Å². The van der Waals surface area contributed by atoms with Crippen LogP contribution < -0.4 is 5.32 Å². The van der Waals surface area contributed by atoms with E-state index in [-0.39, 0.29) is 12.3 Å². The molecular formula is C14H14N2O3. The molecule has 2 rings (SSSR count). The van der Waals surface area contributed by atoms with Crippen molar-refractivity contribution in [1.29, 1.82) is 0 Å². The van der Waals surface area contributed by atoms with Gasteiger partial charge in [-0.1, -0.05) is 24.3 Å². The van der Waals surface area contributed by atoms with Crippen molar-refractivity contribution in [1.82, 2.24) is 10.3 Å². The van der Waals surface area contributed by atoms with Gasteiger partial charge in [0.2, 0.25) is 5.91 Å². The van der Waals surface area contributed by atoms with E-state index in [1.54, 1.807) is 12.3 Å². The molecule has 1 amide bonds. The number of carboxylic acid groups (broad SMARTS) is 1. The molecule has 0 fully saturated rings. The van der Waals surface area contributed by atoms with Crippen molar-refractivity contribution in [3.8, 4) is 0 Å². The number of nitrogens with zero attached hydrogens (tertiary/aromatic N) is 1. The largest absolute Gasteiger partial charge is 0.481 e. The lowest BCUT2D eigenvalue weighted by molar-refractivity contribution is -0.137. The molecule has 0 spiro atoms. The van der Waals surface area contributed by atoms with E-state index >= 15 is 0 Å². The molecule has 5 heteroatoms. The molecular weight excluding hydrogens is 244 g/mol. The summed E-state index contributed by atoms with van der Waals surface area (Å²) in [6, 6.07) is 8.66. The fourth-order valence-corrected chi connectivity index (χ4v) is 2.07. The number of aromatic nitrogens is 1. The van der Waals surface area contributed by atoms with Gasteiger partial charge >= 0.3 is 5.97 Å². The average molecular weight is 258 g/mol. The van der Waals surface area contributed by atoms with E-state index in [9.17, 15) is 9.59 Å². The van der Waals surface area contributed by atoms with Crippen LogP contribution in [-0.2, 0) is 9.59 Å². The Morgan fingerprint density at radius 3 is 2.74 bits per heavy atom. The van der Waals surface area contributed by atoms with Crippen LogP contribution in [0.4, 0.5) is 0 Å². The first-order valence-corrected chi connectivity index (χ1v) is 5.90. The molecule has 0 aliphatic carbocycles. The Balaban J connectivity index is 2.48. The van der Waals surface area contributed by atoms with Crippen LogP contribution in [0.5, 0.6) is 0 Å². The number of pyridine rings is 1. The maximum absolute atomic E-state index is 11.2.